The van der Waals surface area contributed by atoms with Gasteiger partial charge in [0.25, 0.3) is 0 Å². The number of amides is 1. The van der Waals surface area contributed by atoms with E-state index < -0.39 is 0 Å². The van der Waals surface area contributed by atoms with Gasteiger partial charge in [0.05, 0.1) is 6.42 Å². The van der Waals surface area contributed by atoms with Crippen LogP contribution in [0, 0.1) is 0 Å². The molecule has 0 spiro atoms. The first-order chi connectivity index (χ1) is 9.15. The molecular weight excluding hydrogens is 240 g/mol. The van der Waals surface area contributed by atoms with Gasteiger partial charge in [-0.05, 0) is 38.1 Å². The monoisotopic (exact) mass is 260 g/mol. The van der Waals surface area contributed by atoms with Crippen LogP contribution in [0.1, 0.15) is 26.7 Å². The Balaban J connectivity index is 2.14. The Morgan fingerprint density at radius 1 is 1.11 bits per heavy atom. The second-order valence-corrected chi connectivity index (χ2v) is 4.70. The van der Waals surface area contributed by atoms with Crippen molar-refractivity contribution in [1.82, 2.24) is 0 Å². The summed E-state index contributed by atoms with van der Waals surface area (Å²) < 4.78 is 0. The molecule has 2 rings (SSSR count). The van der Waals surface area contributed by atoms with Crippen LogP contribution in [-0.4, -0.2) is 31.3 Å². The lowest BCUT2D eigenvalue weighted by Crippen LogP contribution is -2.39. The summed E-state index contributed by atoms with van der Waals surface area (Å²) >= 11 is 0. The second-order valence-electron chi connectivity index (χ2n) is 4.70. The van der Waals surface area contributed by atoms with Crippen molar-refractivity contribution in [2.45, 2.75) is 26.7 Å². The minimum Gasteiger partial charge on any atom is -0.372 e. The van der Waals surface area contributed by atoms with Crippen molar-refractivity contribution in [2.24, 2.45) is 0 Å². The van der Waals surface area contributed by atoms with Crippen LogP contribution < -0.4 is 9.80 Å². The minimum absolute atomic E-state index is 0.0395. The maximum Gasteiger partial charge on any atom is 0.234 e. The molecule has 0 saturated carbocycles. The quantitative estimate of drug-likeness (QED) is 0.779. The number of hydrogen-bond acceptors (Lipinski definition) is 3. The van der Waals surface area contributed by atoms with Crippen molar-refractivity contribution in [3.8, 4) is 0 Å². The molecule has 19 heavy (non-hydrogen) atoms. The van der Waals surface area contributed by atoms with Gasteiger partial charge in [-0.2, -0.15) is 0 Å². The summed E-state index contributed by atoms with van der Waals surface area (Å²) in [5.74, 6) is -0.0483. The van der Waals surface area contributed by atoms with Crippen LogP contribution in [0.2, 0.25) is 0 Å². The topological polar surface area (TPSA) is 40.6 Å². The summed E-state index contributed by atoms with van der Waals surface area (Å²) in [6, 6.07) is 7.99. The van der Waals surface area contributed by atoms with Gasteiger partial charge in [0.15, 0.2) is 0 Å². The average molecular weight is 260 g/mol. The summed E-state index contributed by atoms with van der Waals surface area (Å²) in [6.07, 6.45) is 0.501. The zero-order chi connectivity index (χ0) is 13.8. The van der Waals surface area contributed by atoms with E-state index in [-0.39, 0.29) is 18.1 Å². The van der Waals surface area contributed by atoms with Gasteiger partial charge in [-0.15, -0.1) is 0 Å². The first kappa shape index (κ1) is 13.6. The molecule has 1 fully saturated rings. The van der Waals surface area contributed by atoms with E-state index >= 15 is 0 Å². The molecule has 0 bridgehead atoms. The normalized spacial score (nSPS) is 15.8. The third-order valence-corrected chi connectivity index (χ3v) is 3.55. The van der Waals surface area contributed by atoms with Gasteiger partial charge >= 0.3 is 0 Å². The number of benzene rings is 1. The van der Waals surface area contributed by atoms with Gasteiger partial charge in [-0.25, -0.2) is 0 Å². The lowest BCUT2D eigenvalue weighted by molar-refractivity contribution is -0.128. The molecule has 0 atom stereocenters. The zero-order valence-corrected chi connectivity index (χ0v) is 11.6. The molecule has 0 unspecified atom stereocenters. The zero-order valence-electron chi connectivity index (χ0n) is 11.6. The van der Waals surface area contributed by atoms with Crippen LogP contribution in [0.15, 0.2) is 24.3 Å². The van der Waals surface area contributed by atoms with E-state index in [1.807, 2.05) is 24.3 Å². The molecule has 1 amide bonds. The number of hydrogen-bond donors (Lipinski definition) is 0. The lowest BCUT2D eigenvalue weighted by Gasteiger charge is -2.27. The highest BCUT2D eigenvalue weighted by Gasteiger charge is 2.24. The fraction of sp³-hybridized carbons (Fsp3) is 0.467. The SMILES string of the molecule is CCN(CC)c1ccc(N2CCC(=O)CC2=O)cc1. The van der Waals surface area contributed by atoms with Crippen LogP contribution in [0.4, 0.5) is 11.4 Å². The standard InChI is InChI=1S/C15H20N2O2/c1-3-16(4-2)12-5-7-13(8-6-12)17-10-9-14(18)11-15(17)19/h5-8H,3-4,9-11H2,1-2H3. The molecule has 0 aliphatic carbocycles. The van der Waals surface area contributed by atoms with Crippen LogP contribution in [-0.2, 0) is 9.59 Å². The molecular formula is C15H20N2O2. The molecule has 0 aromatic heterocycles. The van der Waals surface area contributed by atoms with E-state index in [4.69, 9.17) is 0 Å². The van der Waals surface area contributed by atoms with Crippen molar-refractivity contribution in [1.29, 1.82) is 0 Å². The number of carbonyl (C=O) groups is 2. The summed E-state index contributed by atoms with van der Waals surface area (Å²) in [5.41, 5.74) is 2.04. The van der Waals surface area contributed by atoms with Crippen molar-refractivity contribution >= 4 is 23.1 Å². The summed E-state index contributed by atoms with van der Waals surface area (Å²) in [7, 11) is 0. The van der Waals surface area contributed by atoms with Gasteiger partial charge in [0.1, 0.15) is 5.78 Å². The fourth-order valence-corrected chi connectivity index (χ4v) is 2.42. The van der Waals surface area contributed by atoms with Crippen LogP contribution in [0.5, 0.6) is 0 Å². The smallest absolute Gasteiger partial charge is 0.234 e. The summed E-state index contributed by atoms with van der Waals surface area (Å²) in [4.78, 5) is 27.0. The van der Waals surface area contributed by atoms with Crippen LogP contribution >= 0.6 is 0 Å². The van der Waals surface area contributed by atoms with E-state index in [1.165, 1.54) is 0 Å². The number of nitrogens with zero attached hydrogens (tertiary/aromatic N) is 2. The third-order valence-electron chi connectivity index (χ3n) is 3.55. The Morgan fingerprint density at radius 3 is 2.26 bits per heavy atom. The Hall–Kier alpha value is -1.84. The van der Waals surface area contributed by atoms with Crippen molar-refractivity contribution in [3.63, 3.8) is 0 Å². The third kappa shape index (κ3) is 2.95. The van der Waals surface area contributed by atoms with Gasteiger partial charge < -0.3 is 9.80 Å². The molecule has 4 heteroatoms. The largest absolute Gasteiger partial charge is 0.372 e. The lowest BCUT2D eigenvalue weighted by atomic mass is 10.1. The number of piperidine rings is 1. The number of Topliss-reactive ketones (excluding diaryl/α,β-unsaturated/α-hetero) is 1. The maximum absolute atomic E-state index is 11.8. The van der Waals surface area contributed by atoms with E-state index in [0.717, 1.165) is 24.5 Å². The van der Waals surface area contributed by atoms with Crippen molar-refractivity contribution in [2.75, 3.05) is 29.4 Å². The Kier molecular flexibility index (Phi) is 4.20. The van der Waals surface area contributed by atoms with Crippen LogP contribution in [0.3, 0.4) is 0 Å². The average Bonchev–Trinajstić information content (AvgIpc) is 2.41. The molecule has 102 valence electrons. The molecule has 1 heterocycles. The second kappa shape index (κ2) is 5.87. The van der Waals surface area contributed by atoms with Crippen LogP contribution in [0.25, 0.3) is 0 Å². The molecule has 1 aliphatic heterocycles. The molecule has 1 saturated heterocycles. The van der Waals surface area contributed by atoms with E-state index in [9.17, 15) is 9.59 Å². The Bertz CT molecular complexity index is 464. The number of carbonyl (C=O) groups excluding carboxylic acids is 2. The number of rotatable bonds is 4. The highest BCUT2D eigenvalue weighted by molar-refractivity contribution is 6.08. The predicted molar refractivity (Wildman–Crippen MR) is 76.6 cm³/mol. The molecule has 4 nitrogen and oxygen atoms in total. The number of anilines is 2. The minimum atomic E-state index is -0.0909. The highest BCUT2D eigenvalue weighted by atomic mass is 16.2. The summed E-state index contributed by atoms with van der Waals surface area (Å²) in [6.45, 7) is 6.68. The van der Waals surface area contributed by atoms with Gasteiger partial charge in [0.2, 0.25) is 5.91 Å². The van der Waals surface area contributed by atoms with E-state index in [0.29, 0.717) is 13.0 Å². The molecule has 1 aliphatic rings. The van der Waals surface area contributed by atoms with E-state index in [2.05, 4.69) is 18.7 Å². The molecule has 1 aromatic carbocycles. The molecule has 1 aromatic rings. The number of ketones is 1. The van der Waals surface area contributed by atoms with Gasteiger partial charge in [-0.1, -0.05) is 0 Å². The first-order valence-electron chi connectivity index (χ1n) is 6.82. The van der Waals surface area contributed by atoms with Gasteiger partial charge in [-0.3, -0.25) is 9.59 Å². The Morgan fingerprint density at radius 2 is 1.74 bits per heavy atom. The van der Waals surface area contributed by atoms with Crippen molar-refractivity contribution < 1.29 is 9.59 Å². The fourth-order valence-electron chi connectivity index (χ4n) is 2.42. The maximum atomic E-state index is 11.8. The summed E-state index contributed by atoms with van der Waals surface area (Å²) in [5, 5.41) is 0. The molecule has 0 radical (unpaired) electrons. The predicted octanol–water partition coefficient (Wildman–Crippen LogP) is 2.23. The highest BCUT2D eigenvalue weighted by Crippen LogP contribution is 2.23. The molecule has 0 N–H and O–H groups in total. The first-order valence-corrected chi connectivity index (χ1v) is 6.82. The Labute approximate surface area is 114 Å². The van der Waals surface area contributed by atoms with Crippen molar-refractivity contribution in [3.05, 3.63) is 24.3 Å². The van der Waals surface area contributed by atoms with E-state index in [1.54, 1.807) is 4.90 Å². The van der Waals surface area contributed by atoms with Gasteiger partial charge in [0, 0.05) is 37.4 Å².